The molecule has 0 heterocycles. The Morgan fingerprint density at radius 3 is 2.81 bits per heavy atom. The van der Waals surface area contributed by atoms with Gasteiger partial charge in [-0.3, -0.25) is 0 Å². The van der Waals surface area contributed by atoms with E-state index >= 15 is 0 Å². The Morgan fingerprint density at radius 2 is 2.19 bits per heavy atom. The van der Waals surface area contributed by atoms with Crippen molar-refractivity contribution in [2.45, 2.75) is 32.2 Å². The van der Waals surface area contributed by atoms with Crippen molar-refractivity contribution in [3.63, 3.8) is 0 Å². The highest BCUT2D eigenvalue weighted by Crippen LogP contribution is 2.38. The number of hydrogen-bond acceptors (Lipinski definition) is 1. The van der Waals surface area contributed by atoms with Crippen LogP contribution < -0.4 is 5.73 Å². The molecule has 16 heavy (non-hydrogen) atoms. The molecule has 1 aliphatic rings. The van der Waals surface area contributed by atoms with Gasteiger partial charge in [-0.1, -0.05) is 30.7 Å². The monoisotopic (exact) mass is 241 g/mol. The number of rotatable bonds is 4. The Bertz CT molecular complexity index is 376. The molecule has 0 aromatic heterocycles. The Kier molecular flexibility index (Phi) is 3.50. The zero-order valence-corrected chi connectivity index (χ0v) is 10.2. The zero-order chi connectivity index (χ0) is 11.7. The fourth-order valence-corrected chi connectivity index (χ4v) is 2.32. The first-order valence-corrected chi connectivity index (χ1v) is 6.16. The van der Waals surface area contributed by atoms with Gasteiger partial charge in [-0.2, -0.15) is 0 Å². The van der Waals surface area contributed by atoms with Crippen LogP contribution in [0.4, 0.5) is 4.39 Å². The average molecular weight is 242 g/mol. The number of halogens is 2. The van der Waals surface area contributed by atoms with E-state index in [2.05, 4.69) is 6.92 Å². The molecule has 0 amide bonds. The minimum absolute atomic E-state index is 0.0757. The van der Waals surface area contributed by atoms with Crippen LogP contribution in [0.25, 0.3) is 0 Å². The molecule has 0 radical (unpaired) electrons. The van der Waals surface area contributed by atoms with Crippen LogP contribution in [0.2, 0.25) is 5.02 Å². The molecule has 2 unspecified atom stereocenters. The molecule has 1 aromatic rings. The highest BCUT2D eigenvalue weighted by Gasteiger charge is 2.31. The summed E-state index contributed by atoms with van der Waals surface area (Å²) in [7, 11) is 0. The molecule has 2 atom stereocenters. The van der Waals surface area contributed by atoms with Gasteiger partial charge in [-0.05, 0) is 42.7 Å². The largest absolute Gasteiger partial charge is 0.327 e. The van der Waals surface area contributed by atoms with Crippen molar-refractivity contribution in [1.29, 1.82) is 0 Å². The fourth-order valence-electron chi connectivity index (χ4n) is 2.12. The standard InChI is InChI=1S/C13H17ClFN/c1-8(9-5-6-9)12(16)7-10-3-2-4-11(15)13(10)14/h2-4,8-9,12H,5-7,16H2,1H3. The van der Waals surface area contributed by atoms with E-state index in [-0.39, 0.29) is 16.9 Å². The Morgan fingerprint density at radius 1 is 1.50 bits per heavy atom. The van der Waals surface area contributed by atoms with E-state index < -0.39 is 0 Å². The van der Waals surface area contributed by atoms with E-state index in [0.29, 0.717) is 12.3 Å². The van der Waals surface area contributed by atoms with Crippen molar-refractivity contribution in [2.24, 2.45) is 17.6 Å². The molecule has 88 valence electrons. The van der Waals surface area contributed by atoms with Gasteiger partial charge in [-0.15, -0.1) is 0 Å². The van der Waals surface area contributed by atoms with Crippen LogP contribution in [0.15, 0.2) is 18.2 Å². The van der Waals surface area contributed by atoms with Gasteiger partial charge in [0.05, 0.1) is 5.02 Å². The van der Waals surface area contributed by atoms with Crippen LogP contribution in [0.1, 0.15) is 25.3 Å². The normalized spacial score (nSPS) is 19.5. The summed E-state index contributed by atoms with van der Waals surface area (Å²) in [6.07, 6.45) is 3.23. The second-order valence-corrected chi connectivity index (χ2v) is 5.16. The number of nitrogens with two attached hydrogens (primary N) is 1. The highest BCUT2D eigenvalue weighted by molar-refractivity contribution is 6.31. The van der Waals surface area contributed by atoms with E-state index in [1.165, 1.54) is 18.9 Å². The summed E-state index contributed by atoms with van der Waals surface area (Å²) in [4.78, 5) is 0. The SMILES string of the molecule is CC(C(N)Cc1cccc(F)c1Cl)C1CC1. The third-order valence-electron chi connectivity index (χ3n) is 3.53. The first-order chi connectivity index (χ1) is 7.59. The lowest BCUT2D eigenvalue weighted by atomic mass is 9.92. The third kappa shape index (κ3) is 2.55. The molecule has 0 bridgehead atoms. The lowest BCUT2D eigenvalue weighted by molar-refractivity contribution is 0.404. The molecular weight excluding hydrogens is 225 g/mol. The van der Waals surface area contributed by atoms with Crippen LogP contribution in [-0.4, -0.2) is 6.04 Å². The lowest BCUT2D eigenvalue weighted by Gasteiger charge is -2.20. The maximum atomic E-state index is 13.2. The summed E-state index contributed by atoms with van der Waals surface area (Å²) in [5, 5.41) is 0.223. The minimum atomic E-state index is -0.356. The first-order valence-electron chi connectivity index (χ1n) is 5.78. The van der Waals surface area contributed by atoms with Gasteiger partial charge < -0.3 is 5.73 Å². The van der Waals surface area contributed by atoms with Gasteiger partial charge in [0.25, 0.3) is 0 Å². The molecule has 2 N–H and O–H groups in total. The first kappa shape index (κ1) is 11.9. The van der Waals surface area contributed by atoms with Crippen LogP contribution in [0.3, 0.4) is 0 Å². The second-order valence-electron chi connectivity index (χ2n) is 4.78. The summed E-state index contributed by atoms with van der Waals surface area (Å²) >= 11 is 5.91. The average Bonchev–Trinajstić information content (AvgIpc) is 3.07. The Labute approximate surface area is 101 Å². The van der Waals surface area contributed by atoms with Gasteiger partial charge in [0.15, 0.2) is 0 Å². The molecule has 1 nitrogen and oxygen atoms in total. The molecule has 0 saturated heterocycles. The maximum Gasteiger partial charge on any atom is 0.142 e. The van der Waals surface area contributed by atoms with Crippen LogP contribution in [-0.2, 0) is 6.42 Å². The van der Waals surface area contributed by atoms with Crippen LogP contribution >= 0.6 is 11.6 Å². The summed E-state index contributed by atoms with van der Waals surface area (Å²) < 4.78 is 13.2. The Balaban J connectivity index is 2.05. The van der Waals surface area contributed by atoms with E-state index in [1.54, 1.807) is 6.07 Å². The smallest absolute Gasteiger partial charge is 0.142 e. The van der Waals surface area contributed by atoms with E-state index in [0.717, 1.165) is 11.5 Å². The van der Waals surface area contributed by atoms with E-state index in [9.17, 15) is 4.39 Å². The van der Waals surface area contributed by atoms with Gasteiger partial charge >= 0.3 is 0 Å². The molecular formula is C13H17ClFN. The quantitative estimate of drug-likeness (QED) is 0.859. The van der Waals surface area contributed by atoms with Gasteiger partial charge in [0, 0.05) is 6.04 Å². The van der Waals surface area contributed by atoms with Crippen molar-refractivity contribution in [2.75, 3.05) is 0 Å². The molecule has 2 rings (SSSR count). The molecule has 0 spiro atoms. The zero-order valence-electron chi connectivity index (χ0n) is 9.42. The molecule has 1 fully saturated rings. The Hall–Kier alpha value is -0.600. The molecule has 3 heteroatoms. The molecule has 0 aliphatic heterocycles. The maximum absolute atomic E-state index is 13.2. The topological polar surface area (TPSA) is 26.0 Å². The highest BCUT2D eigenvalue weighted by atomic mass is 35.5. The van der Waals surface area contributed by atoms with Crippen molar-refractivity contribution in [1.82, 2.24) is 0 Å². The lowest BCUT2D eigenvalue weighted by Crippen LogP contribution is -2.31. The summed E-state index contributed by atoms with van der Waals surface area (Å²) in [5.74, 6) is 0.909. The van der Waals surface area contributed by atoms with Crippen LogP contribution in [0, 0.1) is 17.7 Å². The van der Waals surface area contributed by atoms with Crippen molar-refractivity contribution >= 4 is 11.6 Å². The number of benzene rings is 1. The molecule has 1 saturated carbocycles. The van der Waals surface area contributed by atoms with Gasteiger partial charge in [0.1, 0.15) is 5.82 Å². The summed E-state index contributed by atoms with van der Waals surface area (Å²) in [6, 6.07) is 4.99. The van der Waals surface area contributed by atoms with Crippen molar-refractivity contribution in [3.05, 3.63) is 34.6 Å². The van der Waals surface area contributed by atoms with Gasteiger partial charge in [0.2, 0.25) is 0 Å². The molecule has 1 aromatic carbocycles. The predicted molar refractivity (Wildman–Crippen MR) is 65.0 cm³/mol. The fraction of sp³-hybridized carbons (Fsp3) is 0.538. The van der Waals surface area contributed by atoms with E-state index in [1.807, 2.05) is 6.07 Å². The minimum Gasteiger partial charge on any atom is -0.327 e. The summed E-state index contributed by atoms with van der Waals surface area (Å²) in [6.45, 7) is 2.18. The number of hydrogen-bond donors (Lipinski definition) is 1. The second kappa shape index (κ2) is 4.72. The third-order valence-corrected chi connectivity index (χ3v) is 3.95. The molecule has 1 aliphatic carbocycles. The van der Waals surface area contributed by atoms with Crippen molar-refractivity contribution in [3.8, 4) is 0 Å². The predicted octanol–water partition coefficient (Wildman–Crippen LogP) is 3.40. The summed E-state index contributed by atoms with van der Waals surface area (Å²) in [5.41, 5.74) is 6.95. The van der Waals surface area contributed by atoms with E-state index in [4.69, 9.17) is 17.3 Å². The van der Waals surface area contributed by atoms with Crippen LogP contribution in [0.5, 0.6) is 0 Å². The van der Waals surface area contributed by atoms with Gasteiger partial charge in [-0.25, -0.2) is 4.39 Å². The van der Waals surface area contributed by atoms with Crippen molar-refractivity contribution < 1.29 is 4.39 Å².